The lowest BCUT2D eigenvalue weighted by Gasteiger charge is -2.20. The lowest BCUT2D eigenvalue weighted by atomic mass is 10.0. The Kier molecular flexibility index (Phi) is 11.1. The van der Waals surface area contributed by atoms with Crippen LogP contribution in [0.1, 0.15) is 49.5 Å². The van der Waals surface area contributed by atoms with Crippen molar-refractivity contribution < 1.29 is 19.1 Å². The summed E-state index contributed by atoms with van der Waals surface area (Å²) in [5.74, 6) is 0.0204. The smallest absolute Gasteiger partial charge is 0.262 e. The Labute approximate surface area is 218 Å². The Morgan fingerprint density at radius 2 is 1.94 bits per heavy atom. The normalized spacial score (nSPS) is 12.0. The number of amides is 2. The molecule has 184 valence electrons. The van der Waals surface area contributed by atoms with Crippen molar-refractivity contribution in [3.05, 3.63) is 56.0 Å². The first-order valence-corrected chi connectivity index (χ1v) is 12.3. The minimum Gasteiger partial charge on any atom is -0.493 e. The van der Waals surface area contributed by atoms with E-state index < -0.39 is 17.9 Å². The zero-order chi connectivity index (χ0) is 25.3. The second-order valence-electron chi connectivity index (χ2n) is 7.79. The predicted octanol–water partition coefficient (Wildman–Crippen LogP) is 5.85. The second kappa shape index (κ2) is 13.6. The molecule has 1 unspecified atom stereocenters. The molecule has 0 aliphatic carbocycles. The van der Waals surface area contributed by atoms with Crippen molar-refractivity contribution in [2.45, 2.75) is 39.7 Å². The molecule has 0 heterocycles. The number of methoxy groups -OCH3 is 1. The van der Waals surface area contributed by atoms with E-state index >= 15 is 0 Å². The molecule has 0 radical (unpaired) electrons. The fourth-order valence-corrected chi connectivity index (χ4v) is 4.01. The van der Waals surface area contributed by atoms with Gasteiger partial charge in [-0.15, -0.1) is 0 Å². The van der Waals surface area contributed by atoms with E-state index in [4.69, 9.17) is 32.7 Å². The Morgan fingerprint density at radius 1 is 1.21 bits per heavy atom. The number of nitrogens with one attached hydrogen (secondary N) is 2. The van der Waals surface area contributed by atoms with Gasteiger partial charge in [0, 0.05) is 5.02 Å². The first-order chi connectivity index (χ1) is 16.2. The van der Waals surface area contributed by atoms with Crippen LogP contribution in [0.4, 0.5) is 0 Å². The van der Waals surface area contributed by atoms with Crippen molar-refractivity contribution in [3.8, 4) is 11.5 Å². The Morgan fingerprint density at radius 3 is 2.56 bits per heavy atom. The minimum absolute atomic E-state index is 0.195. The van der Waals surface area contributed by atoms with Crippen molar-refractivity contribution in [2.75, 3.05) is 13.7 Å². The number of carbonyl (C=O) groups excluding carboxylic acids is 2. The lowest BCUT2D eigenvalue weighted by Crippen LogP contribution is -2.48. The number of benzene rings is 2. The largest absolute Gasteiger partial charge is 0.493 e. The van der Waals surface area contributed by atoms with Crippen molar-refractivity contribution >= 4 is 57.2 Å². The third-order valence-corrected chi connectivity index (χ3v) is 5.93. The average molecular weight is 573 g/mol. The summed E-state index contributed by atoms with van der Waals surface area (Å²) in [4.78, 5) is 25.4. The summed E-state index contributed by atoms with van der Waals surface area (Å²) in [6.45, 7) is 6.30. The van der Waals surface area contributed by atoms with Gasteiger partial charge in [-0.3, -0.25) is 9.59 Å². The van der Waals surface area contributed by atoms with Gasteiger partial charge >= 0.3 is 0 Å². The number of halogens is 3. The van der Waals surface area contributed by atoms with Crippen LogP contribution in [0, 0.1) is 5.92 Å². The number of rotatable bonds is 11. The zero-order valence-corrected chi connectivity index (χ0v) is 22.6. The third kappa shape index (κ3) is 7.89. The van der Waals surface area contributed by atoms with Crippen molar-refractivity contribution in [1.82, 2.24) is 10.7 Å². The van der Waals surface area contributed by atoms with Crippen LogP contribution < -0.4 is 20.2 Å². The average Bonchev–Trinajstić information content (AvgIpc) is 2.78. The van der Waals surface area contributed by atoms with Gasteiger partial charge in [0.2, 0.25) is 0 Å². The molecule has 2 amide bonds. The molecule has 0 aromatic heterocycles. The van der Waals surface area contributed by atoms with E-state index in [0.717, 1.165) is 12.8 Å². The molecule has 2 rings (SSSR count). The standard InChI is InChI=1S/C24H28BrCl2N3O4/c1-5-6-9-34-22-18(25)10-15(11-20(22)33-4)13-28-30-24(32)21(14(2)3)29-23(31)17-8-7-16(26)12-19(17)27/h7-8,10-14,21H,5-6,9H2,1-4H3,(H,29,31)(H,30,32). The number of hydrogen-bond acceptors (Lipinski definition) is 5. The van der Waals surface area contributed by atoms with Gasteiger partial charge in [-0.2, -0.15) is 5.10 Å². The predicted molar refractivity (Wildman–Crippen MR) is 139 cm³/mol. The van der Waals surface area contributed by atoms with Gasteiger partial charge in [-0.05, 0) is 64.2 Å². The highest BCUT2D eigenvalue weighted by Gasteiger charge is 2.25. The van der Waals surface area contributed by atoms with Crippen molar-refractivity contribution in [3.63, 3.8) is 0 Å². The number of carbonyl (C=O) groups is 2. The van der Waals surface area contributed by atoms with Crippen LogP contribution in [0.15, 0.2) is 39.9 Å². The van der Waals surface area contributed by atoms with Gasteiger partial charge in [0.1, 0.15) is 6.04 Å². The first kappa shape index (κ1) is 28.0. The van der Waals surface area contributed by atoms with Crippen LogP contribution in [-0.2, 0) is 4.79 Å². The molecule has 0 saturated heterocycles. The highest BCUT2D eigenvalue weighted by atomic mass is 79.9. The van der Waals surface area contributed by atoms with E-state index in [1.807, 2.05) is 19.9 Å². The van der Waals surface area contributed by atoms with Crippen molar-refractivity contribution in [2.24, 2.45) is 11.0 Å². The Hall–Kier alpha value is -2.29. The molecule has 2 aromatic rings. The summed E-state index contributed by atoms with van der Waals surface area (Å²) in [5.41, 5.74) is 3.39. The van der Waals surface area contributed by atoms with Crippen LogP contribution in [0.25, 0.3) is 0 Å². The third-order valence-electron chi connectivity index (χ3n) is 4.80. The maximum absolute atomic E-state index is 12.7. The van der Waals surface area contributed by atoms with Crippen LogP contribution in [-0.4, -0.2) is 37.8 Å². The van der Waals surface area contributed by atoms with Crippen LogP contribution in [0.3, 0.4) is 0 Å². The molecule has 0 spiro atoms. The molecule has 0 bridgehead atoms. The molecular formula is C24H28BrCl2N3O4. The molecule has 34 heavy (non-hydrogen) atoms. The van der Waals surface area contributed by atoms with E-state index in [1.165, 1.54) is 18.3 Å². The summed E-state index contributed by atoms with van der Waals surface area (Å²) >= 11 is 15.5. The summed E-state index contributed by atoms with van der Waals surface area (Å²) < 4.78 is 11.9. The molecule has 0 aliphatic rings. The maximum atomic E-state index is 12.7. The van der Waals surface area contributed by atoms with Gasteiger partial charge in [-0.1, -0.05) is 50.4 Å². The van der Waals surface area contributed by atoms with Gasteiger partial charge in [-0.25, -0.2) is 5.43 Å². The first-order valence-electron chi connectivity index (χ1n) is 10.8. The number of nitrogens with zero attached hydrogens (tertiary/aromatic N) is 1. The molecule has 7 nitrogen and oxygen atoms in total. The fourth-order valence-electron chi connectivity index (χ4n) is 2.94. The van der Waals surface area contributed by atoms with Crippen molar-refractivity contribution in [1.29, 1.82) is 0 Å². The second-order valence-corrected chi connectivity index (χ2v) is 9.49. The number of hydrogen-bond donors (Lipinski definition) is 2. The summed E-state index contributed by atoms with van der Waals surface area (Å²) in [6.07, 6.45) is 3.44. The molecule has 10 heteroatoms. The van der Waals surface area contributed by atoms with Crippen LogP contribution in [0.2, 0.25) is 10.0 Å². The van der Waals surface area contributed by atoms with Gasteiger partial charge in [0.15, 0.2) is 11.5 Å². The van der Waals surface area contributed by atoms with Crippen LogP contribution >= 0.6 is 39.1 Å². The SMILES string of the molecule is CCCCOc1c(Br)cc(C=NNC(=O)C(NC(=O)c2ccc(Cl)cc2Cl)C(C)C)cc1OC. The Bertz CT molecular complexity index is 1050. The van der Waals surface area contributed by atoms with Gasteiger partial charge in [0.05, 0.1) is 35.0 Å². The summed E-state index contributed by atoms with van der Waals surface area (Å²) in [5, 5.41) is 7.36. The quantitative estimate of drug-likeness (QED) is 0.201. The summed E-state index contributed by atoms with van der Waals surface area (Å²) in [7, 11) is 1.56. The Balaban J connectivity index is 2.08. The van der Waals surface area contributed by atoms with Crippen LogP contribution in [0.5, 0.6) is 11.5 Å². The monoisotopic (exact) mass is 571 g/mol. The van der Waals surface area contributed by atoms with E-state index in [1.54, 1.807) is 19.2 Å². The van der Waals surface area contributed by atoms with E-state index in [9.17, 15) is 9.59 Å². The maximum Gasteiger partial charge on any atom is 0.262 e. The minimum atomic E-state index is -0.827. The molecule has 0 saturated carbocycles. The molecule has 2 N–H and O–H groups in total. The molecule has 2 aromatic carbocycles. The van der Waals surface area contributed by atoms with E-state index in [0.29, 0.717) is 33.2 Å². The molecule has 1 atom stereocenters. The highest BCUT2D eigenvalue weighted by Crippen LogP contribution is 2.36. The molecular weight excluding hydrogens is 545 g/mol. The fraction of sp³-hybridized carbons (Fsp3) is 0.375. The molecule has 0 aliphatic heterocycles. The zero-order valence-electron chi connectivity index (χ0n) is 19.5. The number of hydrazone groups is 1. The van der Waals surface area contributed by atoms with E-state index in [-0.39, 0.29) is 16.5 Å². The molecule has 0 fully saturated rings. The lowest BCUT2D eigenvalue weighted by molar-refractivity contribution is -0.123. The number of ether oxygens (including phenoxy) is 2. The highest BCUT2D eigenvalue weighted by molar-refractivity contribution is 9.10. The van der Waals surface area contributed by atoms with E-state index in [2.05, 4.69) is 38.7 Å². The van der Waals surface area contributed by atoms with Gasteiger partial charge in [0.25, 0.3) is 11.8 Å². The number of unbranched alkanes of at least 4 members (excludes halogenated alkanes) is 1. The summed E-state index contributed by atoms with van der Waals surface area (Å²) in [6, 6.07) is 7.28. The van der Waals surface area contributed by atoms with Gasteiger partial charge < -0.3 is 14.8 Å². The topological polar surface area (TPSA) is 89.0 Å².